The first kappa shape index (κ1) is 21.4. The zero-order valence-electron chi connectivity index (χ0n) is 14.4. The molecule has 0 atom stereocenters. The third-order valence-electron chi connectivity index (χ3n) is 3.43. The maximum Gasteiger partial charge on any atom is 0.471 e. The number of nitrogens with one attached hydrogen (secondary N) is 2. The fraction of sp³-hybridized carbons (Fsp3) is 0.167. The van der Waals surface area contributed by atoms with Gasteiger partial charge in [-0.2, -0.15) is 13.2 Å². The van der Waals surface area contributed by atoms with E-state index in [0.717, 1.165) is 22.2 Å². The lowest BCUT2D eigenvalue weighted by atomic mass is 10.2. The van der Waals surface area contributed by atoms with Crippen LogP contribution in [0.5, 0.6) is 0 Å². The van der Waals surface area contributed by atoms with Gasteiger partial charge in [0.2, 0.25) is 0 Å². The summed E-state index contributed by atoms with van der Waals surface area (Å²) in [7, 11) is 0. The lowest BCUT2D eigenvalue weighted by Crippen LogP contribution is -2.29. The van der Waals surface area contributed by atoms with Crippen molar-refractivity contribution < 1.29 is 32.3 Å². The molecule has 0 fully saturated rings. The molecule has 2 aromatic carbocycles. The average Bonchev–Trinajstić information content (AvgIpc) is 2.62. The summed E-state index contributed by atoms with van der Waals surface area (Å²) < 4.78 is 42.3. The van der Waals surface area contributed by atoms with Crippen LogP contribution in [0.4, 0.5) is 24.5 Å². The van der Waals surface area contributed by atoms with E-state index in [1.807, 2.05) is 0 Å². The molecular weight excluding hydrogens is 445 g/mol. The van der Waals surface area contributed by atoms with Crippen molar-refractivity contribution in [2.24, 2.45) is 0 Å². The summed E-state index contributed by atoms with van der Waals surface area (Å²) in [6.07, 6.45) is -5.02. The van der Waals surface area contributed by atoms with Crippen molar-refractivity contribution in [2.45, 2.75) is 13.1 Å². The number of halogens is 4. The van der Waals surface area contributed by atoms with E-state index in [-0.39, 0.29) is 11.3 Å². The number of hydrogen-bond acceptors (Lipinski definition) is 4. The maximum absolute atomic E-state index is 12.2. The molecule has 2 amide bonds. The van der Waals surface area contributed by atoms with Gasteiger partial charge in [-0.05, 0) is 55.0 Å². The van der Waals surface area contributed by atoms with E-state index < -0.39 is 30.6 Å². The Morgan fingerprint density at radius 1 is 1.04 bits per heavy atom. The molecule has 2 rings (SSSR count). The Kier molecular flexibility index (Phi) is 6.79. The van der Waals surface area contributed by atoms with Crippen LogP contribution in [0.3, 0.4) is 0 Å². The molecule has 0 aromatic heterocycles. The van der Waals surface area contributed by atoms with Crippen LogP contribution >= 0.6 is 15.9 Å². The van der Waals surface area contributed by atoms with Gasteiger partial charge in [0.25, 0.3) is 5.91 Å². The van der Waals surface area contributed by atoms with Crippen LogP contribution in [-0.2, 0) is 14.3 Å². The Morgan fingerprint density at radius 2 is 1.68 bits per heavy atom. The number of anilines is 2. The highest BCUT2D eigenvalue weighted by Crippen LogP contribution is 2.20. The molecule has 2 aromatic rings. The monoisotopic (exact) mass is 458 g/mol. The minimum absolute atomic E-state index is 0.0117. The largest absolute Gasteiger partial charge is 0.471 e. The second-order valence-corrected chi connectivity index (χ2v) is 6.53. The van der Waals surface area contributed by atoms with Gasteiger partial charge in [0.05, 0.1) is 5.56 Å². The molecule has 148 valence electrons. The van der Waals surface area contributed by atoms with Crippen molar-refractivity contribution in [1.82, 2.24) is 0 Å². The normalized spacial score (nSPS) is 10.9. The van der Waals surface area contributed by atoms with Crippen molar-refractivity contribution in [2.75, 3.05) is 17.2 Å². The number of hydrogen-bond donors (Lipinski definition) is 2. The Balaban J connectivity index is 1.88. The van der Waals surface area contributed by atoms with Gasteiger partial charge in [0, 0.05) is 15.8 Å². The topological polar surface area (TPSA) is 84.5 Å². The number of amides is 2. The summed E-state index contributed by atoms with van der Waals surface area (Å²) in [5, 5.41) is 4.25. The van der Waals surface area contributed by atoms with E-state index in [0.29, 0.717) is 5.69 Å². The number of ether oxygens (including phenoxy) is 1. The van der Waals surface area contributed by atoms with Gasteiger partial charge in [0.1, 0.15) is 0 Å². The molecule has 0 aliphatic heterocycles. The molecule has 10 heteroatoms. The first-order valence-corrected chi connectivity index (χ1v) is 8.57. The van der Waals surface area contributed by atoms with Gasteiger partial charge in [-0.15, -0.1) is 0 Å². The van der Waals surface area contributed by atoms with E-state index in [1.165, 1.54) is 12.1 Å². The molecular formula is C18H14BrF3N2O4. The number of esters is 1. The van der Waals surface area contributed by atoms with Crippen LogP contribution in [-0.4, -0.2) is 30.6 Å². The highest BCUT2D eigenvalue weighted by molar-refractivity contribution is 9.10. The number of benzene rings is 2. The zero-order valence-corrected chi connectivity index (χ0v) is 16.0. The fourth-order valence-corrected chi connectivity index (χ4v) is 2.54. The van der Waals surface area contributed by atoms with Gasteiger partial charge in [-0.1, -0.05) is 15.9 Å². The average molecular weight is 459 g/mol. The molecule has 0 radical (unpaired) electrons. The number of rotatable bonds is 5. The van der Waals surface area contributed by atoms with E-state index in [4.69, 9.17) is 4.74 Å². The predicted octanol–water partition coefficient (Wildman–Crippen LogP) is 4.05. The Bertz CT molecular complexity index is 899. The van der Waals surface area contributed by atoms with Gasteiger partial charge in [0.15, 0.2) is 6.61 Å². The summed E-state index contributed by atoms with van der Waals surface area (Å²) in [6.45, 7) is 1.26. The molecule has 0 spiro atoms. The molecule has 6 nitrogen and oxygen atoms in total. The zero-order chi connectivity index (χ0) is 20.9. The van der Waals surface area contributed by atoms with Gasteiger partial charge in [-0.25, -0.2) is 4.79 Å². The molecule has 0 aliphatic rings. The second-order valence-electron chi connectivity index (χ2n) is 5.61. The Hall–Kier alpha value is -2.88. The molecule has 2 N–H and O–H groups in total. The lowest BCUT2D eigenvalue weighted by Gasteiger charge is -2.10. The van der Waals surface area contributed by atoms with Crippen LogP contribution in [0.1, 0.15) is 15.9 Å². The maximum atomic E-state index is 12.2. The van der Waals surface area contributed by atoms with E-state index in [2.05, 4.69) is 21.2 Å². The van der Waals surface area contributed by atoms with Crippen molar-refractivity contribution in [3.63, 3.8) is 0 Å². The summed E-state index contributed by atoms with van der Waals surface area (Å²) in [5.74, 6) is -3.51. The summed E-state index contributed by atoms with van der Waals surface area (Å²) in [6, 6.07) is 9.81. The van der Waals surface area contributed by atoms with Crippen LogP contribution < -0.4 is 10.6 Å². The first-order chi connectivity index (χ1) is 13.1. The van der Waals surface area contributed by atoms with Crippen molar-refractivity contribution in [1.29, 1.82) is 0 Å². The molecule has 0 saturated heterocycles. The van der Waals surface area contributed by atoms with Crippen LogP contribution in [0.15, 0.2) is 46.9 Å². The highest BCUT2D eigenvalue weighted by atomic mass is 79.9. The number of carbonyl (C=O) groups is 3. The van der Waals surface area contributed by atoms with E-state index >= 15 is 0 Å². The molecule has 0 heterocycles. The second kappa shape index (κ2) is 8.87. The molecule has 28 heavy (non-hydrogen) atoms. The number of aryl methyl sites for hydroxylation is 1. The van der Waals surface area contributed by atoms with Crippen LogP contribution in [0.25, 0.3) is 0 Å². The fourth-order valence-electron chi connectivity index (χ4n) is 2.06. The highest BCUT2D eigenvalue weighted by Gasteiger charge is 2.38. The first-order valence-electron chi connectivity index (χ1n) is 7.77. The van der Waals surface area contributed by atoms with Crippen molar-refractivity contribution in [3.8, 4) is 0 Å². The SMILES string of the molecule is Cc1cc(Br)ccc1NC(=O)COC(=O)c1ccc(NC(=O)C(F)(F)F)cc1. The lowest BCUT2D eigenvalue weighted by molar-refractivity contribution is -0.167. The molecule has 0 unspecified atom stereocenters. The number of alkyl halides is 3. The molecule has 0 aliphatic carbocycles. The Labute approximate surface area is 166 Å². The number of carbonyl (C=O) groups excluding carboxylic acids is 3. The van der Waals surface area contributed by atoms with Crippen molar-refractivity contribution in [3.05, 3.63) is 58.1 Å². The summed E-state index contributed by atoms with van der Waals surface area (Å²) in [5.41, 5.74) is 1.25. The smallest absolute Gasteiger partial charge is 0.452 e. The van der Waals surface area contributed by atoms with E-state index in [1.54, 1.807) is 30.4 Å². The predicted molar refractivity (Wildman–Crippen MR) is 98.9 cm³/mol. The summed E-state index contributed by atoms with van der Waals surface area (Å²) in [4.78, 5) is 34.7. The molecule has 0 saturated carbocycles. The van der Waals surface area contributed by atoms with Crippen LogP contribution in [0, 0.1) is 6.92 Å². The quantitative estimate of drug-likeness (QED) is 0.661. The standard InChI is InChI=1S/C18H14BrF3N2O4/c1-10-8-12(19)4-7-14(10)24-15(25)9-28-16(26)11-2-5-13(6-3-11)23-17(27)18(20,21)22/h2-8H,9H2,1H3,(H,23,27)(H,24,25). The van der Waals surface area contributed by atoms with Gasteiger partial charge >= 0.3 is 18.1 Å². The van der Waals surface area contributed by atoms with Crippen molar-refractivity contribution >= 4 is 45.1 Å². The minimum atomic E-state index is -5.02. The van der Waals surface area contributed by atoms with Gasteiger partial charge < -0.3 is 15.4 Å². The third kappa shape index (κ3) is 6.08. The molecule has 0 bridgehead atoms. The van der Waals surface area contributed by atoms with Crippen LogP contribution in [0.2, 0.25) is 0 Å². The third-order valence-corrected chi connectivity index (χ3v) is 3.93. The minimum Gasteiger partial charge on any atom is -0.452 e. The summed E-state index contributed by atoms with van der Waals surface area (Å²) >= 11 is 3.31. The van der Waals surface area contributed by atoms with Gasteiger partial charge in [-0.3, -0.25) is 9.59 Å². The Morgan fingerprint density at radius 3 is 2.25 bits per heavy atom. The van der Waals surface area contributed by atoms with E-state index in [9.17, 15) is 27.6 Å².